The number of carbonyl (C=O) groups is 1. The fourth-order valence-electron chi connectivity index (χ4n) is 2.89. The van der Waals surface area contributed by atoms with Crippen molar-refractivity contribution in [1.29, 1.82) is 0 Å². The zero-order chi connectivity index (χ0) is 17.3. The molecule has 1 saturated heterocycles. The van der Waals surface area contributed by atoms with E-state index in [1.807, 2.05) is 7.05 Å². The second kappa shape index (κ2) is 6.68. The molecule has 0 saturated carbocycles. The van der Waals surface area contributed by atoms with Gasteiger partial charge in [0.2, 0.25) is 0 Å². The largest absolute Gasteiger partial charge is 0.336 e. The van der Waals surface area contributed by atoms with Gasteiger partial charge in [-0.05, 0) is 45.1 Å². The molecule has 0 spiro atoms. The van der Waals surface area contributed by atoms with Gasteiger partial charge in [-0.15, -0.1) is 0 Å². The Morgan fingerprint density at radius 1 is 1.12 bits per heavy atom. The molecule has 5 nitrogen and oxygen atoms in total. The zero-order valence-corrected chi connectivity index (χ0v) is 13.8. The van der Waals surface area contributed by atoms with E-state index in [-0.39, 0.29) is 17.3 Å². The Morgan fingerprint density at radius 2 is 1.92 bits per heavy atom. The lowest BCUT2D eigenvalue weighted by molar-refractivity contribution is 0.0756. The Hall–Kier alpha value is -2.28. The quantitative estimate of drug-likeness (QED) is 0.846. The molecule has 1 fully saturated rings. The number of likely N-dealkylation sites (N-methyl/N-ethyl adjacent to an activating group) is 1. The highest BCUT2D eigenvalue weighted by atomic mass is 19.1. The molecule has 24 heavy (non-hydrogen) atoms. The maximum atomic E-state index is 14.0. The Kier molecular flexibility index (Phi) is 4.62. The number of hydrogen-bond acceptors (Lipinski definition) is 3. The predicted octanol–water partition coefficient (Wildman–Crippen LogP) is 2.24. The van der Waals surface area contributed by atoms with Crippen molar-refractivity contribution in [2.75, 3.05) is 33.2 Å². The van der Waals surface area contributed by atoms with Crippen LogP contribution in [-0.2, 0) is 0 Å². The van der Waals surface area contributed by atoms with Crippen LogP contribution in [0.15, 0.2) is 24.3 Å². The van der Waals surface area contributed by atoms with Gasteiger partial charge in [-0.2, -0.15) is 5.10 Å². The number of amides is 1. The molecule has 2 heterocycles. The minimum absolute atomic E-state index is 0.128. The molecular formula is C17H20F2N4O. The summed E-state index contributed by atoms with van der Waals surface area (Å²) < 4.78 is 28.4. The molecule has 0 atom stereocenters. The van der Waals surface area contributed by atoms with E-state index in [1.165, 1.54) is 16.8 Å². The molecule has 1 aromatic carbocycles. The fraction of sp³-hybridized carbons (Fsp3) is 0.412. The lowest BCUT2D eigenvalue weighted by atomic mass is 10.3. The van der Waals surface area contributed by atoms with E-state index in [4.69, 9.17) is 0 Å². The summed E-state index contributed by atoms with van der Waals surface area (Å²) in [7, 11) is 2.03. The minimum Gasteiger partial charge on any atom is -0.336 e. The molecule has 0 radical (unpaired) electrons. The Bertz CT molecular complexity index is 759. The van der Waals surface area contributed by atoms with Gasteiger partial charge in [-0.25, -0.2) is 13.5 Å². The molecule has 0 aliphatic carbocycles. The molecule has 128 valence electrons. The van der Waals surface area contributed by atoms with Gasteiger partial charge in [0.05, 0.1) is 0 Å². The normalized spacial score (nSPS) is 16.2. The molecule has 2 aromatic rings. The van der Waals surface area contributed by atoms with Crippen LogP contribution in [0.25, 0.3) is 5.69 Å². The summed E-state index contributed by atoms with van der Waals surface area (Å²) in [5, 5.41) is 4.24. The monoisotopic (exact) mass is 334 g/mol. The van der Waals surface area contributed by atoms with E-state index in [0.717, 1.165) is 25.6 Å². The van der Waals surface area contributed by atoms with E-state index >= 15 is 0 Å². The molecule has 1 amide bonds. The van der Waals surface area contributed by atoms with Gasteiger partial charge in [0.1, 0.15) is 11.5 Å². The SMILES string of the molecule is Cc1cc(C(=O)N2CCCN(C)CC2)nn1-c1ccc(F)cc1F. The lowest BCUT2D eigenvalue weighted by Gasteiger charge is -2.19. The van der Waals surface area contributed by atoms with E-state index in [9.17, 15) is 13.6 Å². The number of benzene rings is 1. The summed E-state index contributed by atoms with van der Waals surface area (Å²) in [5.74, 6) is -1.52. The van der Waals surface area contributed by atoms with Crippen LogP contribution >= 0.6 is 0 Å². The Balaban J connectivity index is 1.87. The average Bonchev–Trinajstić information content (AvgIpc) is 2.77. The number of aryl methyl sites for hydroxylation is 1. The van der Waals surface area contributed by atoms with E-state index < -0.39 is 11.6 Å². The van der Waals surface area contributed by atoms with Crippen LogP contribution in [0.2, 0.25) is 0 Å². The summed E-state index contributed by atoms with van der Waals surface area (Å²) in [6, 6.07) is 4.94. The summed E-state index contributed by atoms with van der Waals surface area (Å²) in [6.45, 7) is 4.84. The highest BCUT2D eigenvalue weighted by molar-refractivity contribution is 5.92. The third kappa shape index (κ3) is 3.31. The molecule has 0 bridgehead atoms. The summed E-state index contributed by atoms with van der Waals surface area (Å²) >= 11 is 0. The molecule has 0 N–H and O–H groups in total. The summed E-state index contributed by atoms with van der Waals surface area (Å²) in [6.07, 6.45) is 0.911. The van der Waals surface area contributed by atoms with Crippen molar-refractivity contribution >= 4 is 5.91 Å². The summed E-state index contributed by atoms with van der Waals surface area (Å²) in [4.78, 5) is 16.6. The maximum absolute atomic E-state index is 14.0. The second-order valence-electron chi connectivity index (χ2n) is 6.13. The highest BCUT2D eigenvalue weighted by Crippen LogP contribution is 2.18. The molecule has 1 aliphatic heterocycles. The highest BCUT2D eigenvalue weighted by Gasteiger charge is 2.22. The van der Waals surface area contributed by atoms with Gasteiger partial charge in [0.25, 0.3) is 5.91 Å². The van der Waals surface area contributed by atoms with Crippen LogP contribution in [-0.4, -0.2) is 58.7 Å². The molecular weight excluding hydrogens is 314 g/mol. The predicted molar refractivity (Wildman–Crippen MR) is 86.2 cm³/mol. The van der Waals surface area contributed by atoms with Crippen molar-refractivity contribution in [3.8, 4) is 5.69 Å². The number of aromatic nitrogens is 2. The number of halogens is 2. The Labute approximate surface area is 139 Å². The van der Waals surface area contributed by atoms with Gasteiger partial charge in [-0.1, -0.05) is 0 Å². The standard InChI is InChI=1S/C17H20F2N4O/c1-12-10-15(17(24)22-7-3-6-21(2)8-9-22)20-23(12)16-5-4-13(18)11-14(16)19/h4-5,10-11H,3,6-9H2,1-2H3. The summed E-state index contributed by atoms with van der Waals surface area (Å²) in [5.41, 5.74) is 1.03. The zero-order valence-electron chi connectivity index (χ0n) is 13.8. The van der Waals surface area contributed by atoms with Gasteiger partial charge in [-0.3, -0.25) is 4.79 Å². The lowest BCUT2D eigenvalue weighted by Crippen LogP contribution is -2.34. The Morgan fingerprint density at radius 3 is 2.67 bits per heavy atom. The van der Waals surface area contributed by atoms with Crippen molar-refractivity contribution in [2.45, 2.75) is 13.3 Å². The molecule has 7 heteroatoms. The minimum atomic E-state index is -0.711. The molecule has 0 unspecified atom stereocenters. The third-order valence-corrected chi connectivity index (χ3v) is 4.25. The number of carbonyl (C=O) groups excluding carboxylic acids is 1. The van der Waals surface area contributed by atoms with Gasteiger partial charge in [0, 0.05) is 31.4 Å². The fourth-order valence-corrected chi connectivity index (χ4v) is 2.89. The van der Waals surface area contributed by atoms with E-state index in [2.05, 4.69) is 10.00 Å². The second-order valence-corrected chi connectivity index (χ2v) is 6.13. The maximum Gasteiger partial charge on any atom is 0.274 e. The van der Waals surface area contributed by atoms with Crippen LogP contribution in [0.5, 0.6) is 0 Å². The van der Waals surface area contributed by atoms with Crippen molar-refractivity contribution in [3.05, 3.63) is 47.3 Å². The van der Waals surface area contributed by atoms with Crippen molar-refractivity contribution < 1.29 is 13.6 Å². The van der Waals surface area contributed by atoms with Gasteiger partial charge < -0.3 is 9.80 Å². The van der Waals surface area contributed by atoms with Crippen LogP contribution in [0.1, 0.15) is 22.6 Å². The van der Waals surface area contributed by atoms with Crippen LogP contribution < -0.4 is 0 Å². The number of rotatable bonds is 2. The first-order valence-electron chi connectivity index (χ1n) is 7.95. The van der Waals surface area contributed by atoms with E-state index in [0.29, 0.717) is 18.8 Å². The van der Waals surface area contributed by atoms with Gasteiger partial charge in [0.15, 0.2) is 11.5 Å². The van der Waals surface area contributed by atoms with Crippen molar-refractivity contribution in [3.63, 3.8) is 0 Å². The first-order chi connectivity index (χ1) is 11.5. The number of hydrogen-bond donors (Lipinski definition) is 0. The van der Waals surface area contributed by atoms with Crippen LogP contribution in [0.4, 0.5) is 8.78 Å². The molecule has 1 aromatic heterocycles. The van der Waals surface area contributed by atoms with Crippen LogP contribution in [0, 0.1) is 18.6 Å². The first kappa shape index (κ1) is 16.6. The van der Waals surface area contributed by atoms with E-state index in [1.54, 1.807) is 17.9 Å². The third-order valence-electron chi connectivity index (χ3n) is 4.25. The first-order valence-corrected chi connectivity index (χ1v) is 7.95. The smallest absolute Gasteiger partial charge is 0.274 e. The van der Waals surface area contributed by atoms with Crippen LogP contribution in [0.3, 0.4) is 0 Å². The van der Waals surface area contributed by atoms with Gasteiger partial charge >= 0.3 is 0 Å². The topological polar surface area (TPSA) is 41.4 Å². The average molecular weight is 334 g/mol. The molecule has 3 rings (SSSR count). The van der Waals surface area contributed by atoms with Crippen molar-refractivity contribution in [2.24, 2.45) is 0 Å². The van der Waals surface area contributed by atoms with Crippen molar-refractivity contribution in [1.82, 2.24) is 19.6 Å². The number of nitrogens with zero attached hydrogens (tertiary/aromatic N) is 4. The molecule has 1 aliphatic rings.